The van der Waals surface area contributed by atoms with Gasteiger partial charge in [-0.25, -0.2) is 0 Å². The van der Waals surface area contributed by atoms with Crippen molar-refractivity contribution in [3.05, 3.63) is 35.9 Å². The van der Waals surface area contributed by atoms with E-state index < -0.39 is 15.4 Å². The van der Waals surface area contributed by atoms with E-state index in [-0.39, 0.29) is 31.0 Å². The van der Waals surface area contributed by atoms with E-state index in [0.717, 1.165) is 0 Å². The van der Waals surface area contributed by atoms with Crippen LogP contribution in [0.25, 0.3) is 0 Å². The van der Waals surface area contributed by atoms with Crippen molar-refractivity contribution in [2.45, 2.75) is 12.2 Å². The van der Waals surface area contributed by atoms with E-state index >= 15 is 0 Å². The largest absolute Gasteiger partial charge is 1.00 e. The van der Waals surface area contributed by atoms with Gasteiger partial charge in [0, 0.05) is 0 Å². The van der Waals surface area contributed by atoms with E-state index in [4.69, 9.17) is 4.55 Å². The fourth-order valence-electron chi connectivity index (χ4n) is 0.896. The molecule has 0 spiro atoms. The van der Waals surface area contributed by atoms with Crippen LogP contribution in [0.2, 0.25) is 0 Å². The van der Waals surface area contributed by atoms with Gasteiger partial charge >= 0.3 is 29.6 Å². The Labute approximate surface area is 102 Å². The summed E-state index contributed by atoms with van der Waals surface area (Å²) in [5.41, 5.74) is 0.597. The Balaban J connectivity index is 0. The van der Waals surface area contributed by atoms with Crippen molar-refractivity contribution >= 4 is 10.1 Å². The van der Waals surface area contributed by atoms with Gasteiger partial charge in [-0.3, -0.25) is 4.55 Å². The second-order valence-electron chi connectivity index (χ2n) is 2.57. The Kier molecular flexibility index (Phi) is 5.17. The Morgan fingerprint density at radius 3 is 2.15 bits per heavy atom. The minimum absolute atomic E-state index is 0. The molecule has 0 saturated carbocycles. The van der Waals surface area contributed by atoms with Crippen LogP contribution in [-0.4, -0.2) is 13.0 Å². The molecule has 0 aliphatic rings. The van der Waals surface area contributed by atoms with Gasteiger partial charge in [-0.1, -0.05) is 30.3 Å². The molecule has 1 aromatic rings. The fraction of sp³-hybridized carbons (Fsp3) is 0.250. The summed E-state index contributed by atoms with van der Waals surface area (Å²) in [4.78, 5) is 0. The summed E-state index contributed by atoms with van der Waals surface area (Å²) in [7, 11) is -3.96. The van der Waals surface area contributed by atoms with Gasteiger partial charge in [0.05, 0.1) is 0 Å². The summed E-state index contributed by atoms with van der Waals surface area (Å²) in [6.07, 6.45) is 0. The maximum absolute atomic E-state index is 10.7. The van der Waals surface area contributed by atoms with Gasteiger partial charge in [0.1, 0.15) is 5.25 Å². The van der Waals surface area contributed by atoms with Crippen molar-refractivity contribution in [2.24, 2.45) is 0 Å². The SMILES string of the molecule is CC(c1ccccc1)S(=O)(=O)O.[H-].[Na+]. The second kappa shape index (κ2) is 5.12. The molecule has 5 heteroatoms. The predicted octanol–water partition coefficient (Wildman–Crippen LogP) is -1.25. The standard InChI is InChI=1S/C8H10O3S.Na.H/c1-7(12(9,10)11)8-5-3-2-4-6-8;;/h2-7H,1H3,(H,9,10,11);;/q;+1;-1. The third-order valence-corrected chi connectivity index (χ3v) is 2.88. The molecule has 0 amide bonds. The van der Waals surface area contributed by atoms with E-state index in [1.165, 1.54) is 6.92 Å². The van der Waals surface area contributed by atoms with E-state index in [2.05, 4.69) is 0 Å². The maximum Gasteiger partial charge on any atom is 1.00 e. The minimum atomic E-state index is -3.96. The number of benzene rings is 1. The maximum atomic E-state index is 10.7. The molecular weight excluding hydrogens is 199 g/mol. The molecule has 1 N–H and O–H groups in total. The van der Waals surface area contributed by atoms with Crippen molar-refractivity contribution in [3.8, 4) is 0 Å². The smallest absolute Gasteiger partial charge is 1.00 e. The third kappa shape index (κ3) is 3.79. The minimum Gasteiger partial charge on any atom is -1.00 e. The van der Waals surface area contributed by atoms with E-state index in [9.17, 15) is 8.42 Å². The van der Waals surface area contributed by atoms with Gasteiger partial charge in [0.15, 0.2) is 0 Å². The summed E-state index contributed by atoms with van der Waals surface area (Å²) in [5.74, 6) is 0. The monoisotopic (exact) mass is 210 g/mol. The van der Waals surface area contributed by atoms with Crippen molar-refractivity contribution in [3.63, 3.8) is 0 Å². The quantitative estimate of drug-likeness (QED) is 0.490. The molecule has 0 fully saturated rings. The van der Waals surface area contributed by atoms with Crippen LogP contribution in [0.1, 0.15) is 19.2 Å². The van der Waals surface area contributed by atoms with Crippen LogP contribution in [0.5, 0.6) is 0 Å². The van der Waals surface area contributed by atoms with Crippen LogP contribution in [0.4, 0.5) is 0 Å². The normalized spacial score (nSPS) is 13.1. The molecular formula is C8H11NaO3S. The molecule has 1 atom stereocenters. The third-order valence-electron chi connectivity index (χ3n) is 1.72. The molecule has 1 unspecified atom stereocenters. The van der Waals surface area contributed by atoms with Gasteiger partial charge in [0.25, 0.3) is 10.1 Å². The van der Waals surface area contributed by atoms with Crippen LogP contribution >= 0.6 is 0 Å². The Morgan fingerprint density at radius 1 is 1.31 bits per heavy atom. The molecule has 1 rings (SSSR count). The summed E-state index contributed by atoms with van der Waals surface area (Å²) >= 11 is 0. The van der Waals surface area contributed by atoms with Gasteiger partial charge in [-0.2, -0.15) is 8.42 Å². The Bertz CT molecular complexity index is 352. The molecule has 0 saturated heterocycles. The molecule has 0 aliphatic heterocycles. The van der Waals surface area contributed by atoms with E-state index in [1.807, 2.05) is 0 Å². The van der Waals surface area contributed by atoms with Crippen molar-refractivity contribution in [1.29, 1.82) is 0 Å². The first-order chi connectivity index (χ1) is 5.52. The van der Waals surface area contributed by atoms with Gasteiger partial charge < -0.3 is 1.43 Å². The first-order valence-electron chi connectivity index (χ1n) is 3.53. The first-order valence-corrected chi connectivity index (χ1v) is 5.03. The Hall–Kier alpha value is 0.130. The van der Waals surface area contributed by atoms with E-state index in [1.54, 1.807) is 30.3 Å². The number of hydrogen-bond acceptors (Lipinski definition) is 2. The summed E-state index contributed by atoms with van der Waals surface area (Å²) < 4.78 is 30.1. The van der Waals surface area contributed by atoms with Gasteiger partial charge in [0.2, 0.25) is 0 Å². The molecule has 0 heterocycles. The molecule has 3 nitrogen and oxygen atoms in total. The number of rotatable bonds is 2. The zero-order chi connectivity index (χ0) is 9.19. The summed E-state index contributed by atoms with van der Waals surface area (Å²) in [6, 6.07) is 8.59. The van der Waals surface area contributed by atoms with Crippen LogP contribution in [0.3, 0.4) is 0 Å². The molecule has 13 heavy (non-hydrogen) atoms. The van der Waals surface area contributed by atoms with E-state index in [0.29, 0.717) is 5.56 Å². The molecule has 0 bridgehead atoms. The van der Waals surface area contributed by atoms with Crippen LogP contribution < -0.4 is 29.6 Å². The van der Waals surface area contributed by atoms with Crippen LogP contribution in [0, 0.1) is 0 Å². The average molecular weight is 210 g/mol. The number of hydrogen-bond donors (Lipinski definition) is 1. The fourth-order valence-corrected chi connectivity index (χ4v) is 1.40. The van der Waals surface area contributed by atoms with Gasteiger partial charge in [-0.15, -0.1) is 0 Å². The van der Waals surface area contributed by atoms with Crippen molar-refractivity contribution in [2.75, 3.05) is 0 Å². The zero-order valence-corrected chi connectivity index (χ0v) is 10.5. The van der Waals surface area contributed by atoms with Crippen molar-refractivity contribution in [1.82, 2.24) is 0 Å². The van der Waals surface area contributed by atoms with Crippen LogP contribution in [-0.2, 0) is 10.1 Å². The molecule has 0 aliphatic carbocycles. The topological polar surface area (TPSA) is 54.4 Å². The molecule has 0 radical (unpaired) electrons. The average Bonchev–Trinajstić information content (AvgIpc) is 2.03. The summed E-state index contributed by atoms with van der Waals surface area (Å²) in [5, 5.41) is -0.848. The first kappa shape index (κ1) is 13.1. The molecule has 1 aromatic carbocycles. The Morgan fingerprint density at radius 2 is 1.77 bits per heavy atom. The van der Waals surface area contributed by atoms with Crippen LogP contribution in [0.15, 0.2) is 30.3 Å². The van der Waals surface area contributed by atoms with Gasteiger partial charge in [-0.05, 0) is 12.5 Å². The summed E-state index contributed by atoms with van der Waals surface area (Å²) in [6.45, 7) is 1.45. The predicted molar refractivity (Wildman–Crippen MR) is 47.5 cm³/mol. The molecule has 68 valence electrons. The second-order valence-corrected chi connectivity index (χ2v) is 4.30. The zero-order valence-electron chi connectivity index (χ0n) is 8.64. The molecule has 0 aromatic heterocycles. The van der Waals surface area contributed by atoms with Crippen molar-refractivity contribution < 1.29 is 44.0 Å².